The van der Waals surface area contributed by atoms with Gasteiger partial charge in [0.1, 0.15) is 0 Å². The maximum Gasteiger partial charge on any atom is 0.337 e. The van der Waals surface area contributed by atoms with Crippen LogP contribution < -0.4 is 5.32 Å². The third-order valence-corrected chi connectivity index (χ3v) is 2.52. The molecule has 5 nitrogen and oxygen atoms in total. The minimum atomic E-state index is -0.972. The van der Waals surface area contributed by atoms with Gasteiger partial charge in [-0.25, -0.2) is 4.79 Å². The zero-order chi connectivity index (χ0) is 10.8. The molecule has 80 valence electrons. The van der Waals surface area contributed by atoms with Gasteiger partial charge in [-0.05, 0) is 18.9 Å². The average Bonchev–Trinajstić information content (AvgIpc) is 2.16. The molecule has 1 aromatic rings. The smallest absolute Gasteiger partial charge is 0.337 e. The Balaban J connectivity index is 2.10. The number of aliphatic hydroxyl groups excluding tert-OH is 1. The molecule has 0 radical (unpaired) electrons. The van der Waals surface area contributed by atoms with Gasteiger partial charge < -0.3 is 15.5 Å². The Morgan fingerprint density at radius 3 is 2.87 bits per heavy atom. The minimum Gasteiger partial charge on any atom is -0.478 e. The van der Waals surface area contributed by atoms with Crippen LogP contribution in [0.1, 0.15) is 23.2 Å². The molecule has 15 heavy (non-hydrogen) atoms. The lowest BCUT2D eigenvalue weighted by atomic mass is 9.89. The monoisotopic (exact) mass is 208 g/mol. The summed E-state index contributed by atoms with van der Waals surface area (Å²) < 4.78 is 0. The van der Waals surface area contributed by atoms with Crippen LogP contribution in [0.25, 0.3) is 0 Å². The molecule has 1 aromatic heterocycles. The fourth-order valence-electron chi connectivity index (χ4n) is 1.62. The van der Waals surface area contributed by atoms with E-state index in [-0.39, 0.29) is 17.7 Å². The zero-order valence-electron chi connectivity index (χ0n) is 8.05. The van der Waals surface area contributed by atoms with Crippen LogP contribution in [-0.4, -0.2) is 33.3 Å². The Morgan fingerprint density at radius 1 is 1.53 bits per heavy atom. The highest BCUT2D eigenvalue weighted by molar-refractivity contribution is 5.93. The van der Waals surface area contributed by atoms with E-state index in [4.69, 9.17) is 10.2 Å². The fourth-order valence-corrected chi connectivity index (χ4v) is 1.62. The van der Waals surface area contributed by atoms with Crippen LogP contribution >= 0.6 is 0 Å². The van der Waals surface area contributed by atoms with Gasteiger partial charge in [0.15, 0.2) is 0 Å². The Labute approximate surface area is 86.8 Å². The van der Waals surface area contributed by atoms with Gasteiger partial charge in [0.05, 0.1) is 23.6 Å². The van der Waals surface area contributed by atoms with E-state index in [1.54, 1.807) is 0 Å². The van der Waals surface area contributed by atoms with Gasteiger partial charge in [-0.3, -0.25) is 4.98 Å². The number of rotatable bonds is 3. The standard InChI is InChI=1S/C10H12N2O3/c13-7-3-6(4-7)12-9-5-11-2-1-8(9)10(14)15/h1-2,5-7,12-13H,3-4H2,(H,14,15). The van der Waals surface area contributed by atoms with E-state index >= 15 is 0 Å². The van der Waals surface area contributed by atoms with Crippen LogP contribution in [0.5, 0.6) is 0 Å². The molecular weight excluding hydrogens is 196 g/mol. The molecule has 0 spiro atoms. The highest BCUT2D eigenvalue weighted by Crippen LogP contribution is 2.25. The first kappa shape index (κ1) is 9.92. The van der Waals surface area contributed by atoms with Gasteiger partial charge >= 0.3 is 5.97 Å². The predicted octanol–water partition coefficient (Wildman–Crippen LogP) is 0.715. The molecular formula is C10H12N2O3. The number of aromatic nitrogens is 1. The molecule has 0 bridgehead atoms. The number of aliphatic hydroxyl groups is 1. The van der Waals surface area contributed by atoms with Gasteiger partial charge in [0.2, 0.25) is 0 Å². The van der Waals surface area contributed by atoms with Gasteiger partial charge in [0, 0.05) is 12.2 Å². The van der Waals surface area contributed by atoms with Crippen LogP contribution in [-0.2, 0) is 0 Å². The van der Waals surface area contributed by atoms with E-state index < -0.39 is 5.97 Å². The van der Waals surface area contributed by atoms with Crippen molar-refractivity contribution in [2.75, 3.05) is 5.32 Å². The normalized spacial score (nSPS) is 24.3. The molecule has 1 fully saturated rings. The second-order valence-corrected chi connectivity index (χ2v) is 3.69. The third-order valence-electron chi connectivity index (χ3n) is 2.52. The van der Waals surface area contributed by atoms with Crippen molar-refractivity contribution in [3.05, 3.63) is 24.0 Å². The number of nitrogens with one attached hydrogen (secondary N) is 1. The molecule has 0 atom stereocenters. The average molecular weight is 208 g/mol. The summed E-state index contributed by atoms with van der Waals surface area (Å²) in [5, 5.41) is 21.1. The van der Waals surface area contributed by atoms with Crippen molar-refractivity contribution in [3.8, 4) is 0 Å². The summed E-state index contributed by atoms with van der Waals surface area (Å²) >= 11 is 0. The molecule has 5 heteroatoms. The fraction of sp³-hybridized carbons (Fsp3) is 0.400. The van der Waals surface area contributed by atoms with E-state index in [0.717, 1.165) is 0 Å². The summed E-state index contributed by atoms with van der Waals surface area (Å²) in [5.41, 5.74) is 0.730. The van der Waals surface area contributed by atoms with Gasteiger partial charge in [-0.2, -0.15) is 0 Å². The second kappa shape index (κ2) is 3.86. The lowest BCUT2D eigenvalue weighted by Crippen LogP contribution is -2.39. The summed E-state index contributed by atoms with van der Waals surface area (Å²) in [4.78, 5) is 14.7. The summed E-state index contributed by atoms with van der Waals surface area (Å²) in [6.45, 7) is 0. The number of carboxylic acids is 1. The predicted molar refractivity (Wildman–Crippen MR) is 53.8 cm³/mol. The van der Waals surface area contributed by atoms with Crippen molar-refractivity contribution in [3.63, 3.8) is 0 Å². The lowest BCUT2D eigenvalue weighted by Gasteiger charge is -2.33. The summed E-state index contributed by atoms with van der Waals surface area (Å²) in [6.07, 6.45) is 4.01. The van der Waals surface area contributed by atoms with Crippen molar-refractivity contribution in [2.45, 2.75) is 25.0 Å². The number of hydrogen-bond acceptors (Lipinski definition) is 4. The summed E-state index contributed by atoms with van der Waals surface area (Å²) in [5.74, 6) is -0.972. The molecule has 1 aliphatic rings. The Kier molecular flexibility index (Phi) is 2.55. The molecule has 3 N–H and O–H groups in total. The van der Waals surface area contributed by atoms with Crippen molar-refractivity contribution in [1.29, 1.82) is 0 Å². The van der Waals surface area contributed by atoms with E-state index in [1.165, 1.54) is 18.5 Å². The number of aromatic carboxylic acids is 1. The minimum absolute atomic E-state index is 0.155. The summed E-state index contributed by atoms with van der Waals surface area (Å²) in [7, 11) is 0. The van der Waals surface area contributed by atoms with Crippen LogP contribution in [0.15, 0.2) is 18.5 Å². The highest BCUT2D eigenvalue weighted by Gasteiger charge is 2.27. The van der Waals surface area contributed by atoms with Crippen molar-refractivity contribution < 1.29 is 15.0 Å². The van der Waals surface area contributed by atoms with Crippen LogP contribution in [0.4, 0.5) is 5.69 Å². The zero-order valence-corrected chi connectivity index (χ0v) is 8.05. The largest absolute Gasteiger partial charge is 0.478 e. The number of hydrogen-bond donors (Lipinski definition) is 3. The number of carboxylic acid groups (broad SMARTS) is 1. The Hall–Kier alpha value is -1.62. The molecule has 1 saturated carbocycles. The van der Waals surface area contributed by atoms with Crippen LogP contribution in [0.3, 0.4) is 0 Å². The first-order valence-corrected chi connectivity index (χ1v) is 4.78. The molecule has 0 aliphatic heterocycles. The molecule has 0 unspecified atom stereocenters. The number of pyridine rings is 1. The maximum atomic E-state index is 10.9. The van der Waals surface area contributed by atoms with Crippen molar-refractivity contribution in [2.24, 2.45) is 0 Å². The van der Waals surface area contributed by atoms with Crippen molar-refractivity contribution in [1.82, 2.24) is 4.98 Å². The van der Waals surface area contributed by atoms with Gasteiger partial charge in [-0.15, -0.1) is 0 Å². The van der Waals surface area contributed by atoms with Gasteiger partial charge in [0.25, 0.3) is 0 Å². The Bertz CT molecular complexity index is 375. The highest BCUT2D eigenvalue weighted by atomic mass is 16.4. The Morgan fingerprint density at radius 2 is 2.27 bits per heavy atom. The number of carbonyl (C=O) groups is 1. The van der Waals surface area contributed by atoms with Crippen LogP contribution in [0, 0.1) is 0 Å². The SMILES string of the molecule is O=C(O)c1ccncc1NC1CC(O)C1. The molecule has 1 aliphatic carbocycles. The topological polar surface area (TPSA) is 82.5 Å². The third kappa shape index (κ3) is 2.07. The van der Waals surface area contributed by atoms with Crippen LogP contribution in [0.2, 0.25) is 0 Å². The first-order valence-electron chi connectivity index (χ1n) is 4.78. The van der Waals surface area contributed by atoms with E-state index in [0.29, 0.717) is 18.5 Å². The molecule has 1 heterocycles. The number of anilines is 1. The van der Waals surface area contributed by atoms with Gasteiger partial charge in [-0.1, -0.05) is 0 Å². The van der Waals surface area contributed by atoms with E-state index in [2.05, 4.69) is 10.3 Å². The molecule has 0 aromatic carbocycles. The summed E-state index contributed by atoms with van der Waals surface area (Å²) in [6, 6.07) is 1.61. The maximum absolute atomic E-state index is 10.9. The van der Waals surface area contributed by atoms with E-state index in [9.17, 15) is 4.79 Å². The second-order valence-electron chi connectivity index (χ2n) is 3.69. The quantitative estimate of drug-likeness (QED) is 0.681. The molecule has 0 amide bonds. The van der Waals surface area contributed by atoms with Crippen molar-refractivity contribution >= 4 is 11.7 Å². The molecule has 0 saturated heterocycles. The lowest BCUT2D eigenvalue weighted by molar-refractivity contribution is 0.0697. The first-order chi connectivity index (χ1) is 7.16. The van der Waals surface area contributed by atoms with E-state index in [1.807, 2.05) is 0 Å². The molecule has 2 rings (SSSR count). The number of nitrogens with zero attached hydrogens (tertiary/aromatic N) is 1.